The molecule has 0 rings (SSSR count). The molecule has 0 aliphatic carbocycles. The first-order valence-electron chi connectivity index (χ1n) is 10.9. The highest BCUT2D eigenvalue weighted by molar-refractivity contribution is 5.75. The number of nitrogens with one attached hydrogen (secondary N) is 2. The first kappa shape index (κ1) is 24.4. The summed E-state index contributed by atoms with van der Waals surface area (Å²) in [6.07, 6.45) is 21.6. The molecule has 0 heterocycles. The van der Waals surface area contributed by atoms with Crippen molar-refractivity contribution in [2.75, 3.05) is 13.1 Å². The van der Waals surface area contributed by atoms with Crippen LogP contribution in [0.25, 0.3) is 0 Å². The second kappa shape index (κ2) is 21.4. The van der Waals surface area contributed by atoms with Gasteiger partial charge in [0, 0.05) is 19.5 Å². The number of rotatable bonds is 20. The van der Waals surface area contributed by atoms with E-state index in [-0.39, 0.29) is 5.91 Å². The van der Waals surface area contributed by atoms with E-state index in [0.29, 0.717) is 19.5 Å². The summed E-state index contributed by atoms with van der Waals surface area (Å²) in [5.41, 5.74) is 2.09. The number of carbonyl (C=O) groups is 1. The van der Waals surface area contributed by atoms with Gasteiger partial charge >= 0.3 is 0 Å². The van der Waals surface area contributed by atoms with Gasteiger partial charge in [0.15, 0.2) is 0 Å². The summed E-state index contributed by atoms with van der Waals surface area (Å²) in [6, 6.07) is 0. The van der Waals surface area contributed by atoms with Crippen molar-refractivity contribution in [3.05, 3.63) is 0 Å². The van der Waals surface area contributed by atoms with Crippen molar-refractivity contribution in [1.29, 1.82) is 0 Å². The molecular formula is C21H44N2O2. The predicted molar refractivity (Wildman–Crippen MR) is 107 cm³/mol. The SMILES string of the molecule is CCCCCCCCCCCCCCCCCC(=O)NCCCNO. The van der Waals surface area contributed by atoms with E-state index in [1.165, 1.54) is 89.9 Å². The van der Waals surface area contributed by atoms with Crippen molar-refractivity contribution in [3.8, 4) is 0 Å². The number of hydrogen-bond acceptors (Lipinski definition) is 3. The van der Waals surface area contributed by atoms with E-state index in [1.807, 2.05) is 0 Å². The van der Waals surface area contributed by atoms with Crippen molar-refractivity contribution in [3.63, 3.8) is 0 Å². The van der Waals surface area contributed by atoms with Crippen LogP contribution in [0.3, 0.4) is 0 Å². The van der Waals surface area contributed by atoms with Gasteiger partial charge in [0.05, 0.1) is 0 Å². The van der Waals surface area contributed by atoms with Crippen LogP contribution in [0.5, 0.6) is 0 Å². The minimum absolute atomic E-state index is 0.146. The molecule has 0 atom stereocenters. The molecule has 0 fully saturated rings. The van der Waals surface area contributed by atoms with Crippen LogP contribution < -0.4 is 10.8 Å². The third-order valence-electron chi connectivity index (χ3n) is 4.79. The minimum Gasteiger partial charge on any atom is -0.356 e. The van der Waals surface area contributed by atoms with E-state index >= 15 is 0 Å². The zero-order valence-corrected chi connectivity index (χ0v) is 16.8. The van der Waals surface area contributed by atoms with E-state index in [1.54, 1.807) is 0 Å². The lowest BCUT2D eigenvalue weighted by molar-refractivity contribution is -0.121. The molecule has 0 saturated heterocycles. The molecule has 0 aromatic rings. The second-order valence-corrected chi connectivity index (χ2v) is 7.31. The number of amides is 1. The van der Waals surface area contributed by atoms with Gasteiger partial charge in [-0.15, -0.1) is 0 Å². The predicted octanol–water partition coefficient (Wildman–Crippen LogP) is 5.73. The molecule has 25 heavy (non-hydrogen) atoms. The number of hydrogen-bond donors (Lipinski definition) is 3. The monoisotopic (exact) mass is 356 g/mol. The summed E-state index contributed by atoms with van der Waals surface area (Å²) in [7, 11) is 0. The zero-order valence-electron chi connectivity index (χ0n) is 16.8. The van der Waals surface area contributed by atoms with Crippen LogP contribution in [0.4, 0.5) is 0 Å². The Bertz CT molecular complexity index is 273. The highest BCUT2D eigenvalue weighted by Crippen LogP contribution is 2.13. The normalized spacial score (nSPS) is 11.0. The molecule has 1 amide bonds. The smallest absolute Gasteiger partial charge is 0.219 e. The molecule has 0 saturated carbocycles. The molecule has 150 valence electrons. The van der Waals surface area contributed by atoms with Crippen LogP contribution in [0, 0.1) is 0 Å². The standard InChI is InChI=1S/C21H44N2O2/c1-2-3-4-5-6-7-8-9-10-11-12-13-14-15-16-18-21(24)22-19-17-20-23-25/h23,25H,2-20H2,1H3,(H,22,24). The molecule has 4 heteroatoms. The highest BCUT2D eigenvalue weighted by atomic mass is 16.5. The van der Waals surface area contributed by atoms with Crippen molar-refractivity contribution in [2.45, 2.75) is 116 Å². The maximum absolute atomic E-state index is 11.5. The number of unbranched alkanes of at least 4 members (excludes halogenated alkanes) is 14. The Balaban J connectivity index is 3.08. The molecule has 0 aromatic carbocycles. The fraction of sp³-hybridized carbons (Fsp3) is 0.952. The fourth-order valence-corrected chi connectivity index (χ4v) is 3.14. The zero-order chi connectivity index (χ0) is 18.4. The molecule has 0 spiro atoms. The first-order valence-corrected chi connectivity index (χ1v) is 10.9. The van der Waals surface area contributed by atoms with Crippen molar-refractivity contribution in [2.24, 2.45) is 0 Å². The van der Waals surface area contributed by atoms with Gasteiger partial charge in [-0.1, -0.05) is 96.8 Å². The van der Waals surface area contributed by atoms with Crippen molar-refractivity contribution >= 4 is 5.91 Å². The Labute approximate surface area is 156 Å². The second-order valence-electron chi connectivity index (χ2n) is 7.31. The van der Waals surface area contributed by atoms with Gasteiger partial charge in [-0.25, -0.2) is 5.48 Å². The van der Waals surface area contributed by atoms with Crippen LogP contribution in [0.2, 0.25) is 0 Å². The Morgan fingerprint density at radius 2 is 1.08 bits per heavy atom. The van der Waals surface area contributed by atoms with E-state index in [4.69, 9.17) is 5.21 Å². The van der Waals surface area contributed by atoms with Crippen LogP contribution in [0.15, 0.2) is 0 Å². The van der Waals surface area contributed by atoms with E-state index in [0.717, 1.165) is 12.8 Å². The summed E-state index contributed by atoms with van der Waals surface area (Å²) >= 11 is 0. The lowest BCUT2D eigenvalue weighted by atomic mass is 10.0. The molecule has 0 aliphatic rings. The lowest BCUT2D eigenvalue weighted by Crippen LogP contribution is -2.26. The molecule has 3 N–H and O–H groups in total. The van der Waals surface area contributed by atoms with Gasteiger partial charge in [0.1, 0.15) is 0 Å². The average Bonchev–Trinajstić information content (AvgIpc) is 2.62. The van der Waals surface area contributed by atoms with E-state index in [2.05, 4.69) is 17.7 Å². The molecular weight excluding hydrogens is 312 g/mol. The Hall–Kier alpha value is -0.610. The summed E-state index contributed by atoms with van der Waals surface area (Å²) < 4.78 is 0. The quantitative estimate of drug-likeness (QED) is 0.193. The molecule has 0 unspecified atom stereocenters. The summed E-state index contributed by atoms with van der Waals surface area (Å²) in [6.45, 7) is 3.45. The Morgan fingerprint density at radius 3 is 1.52 bits per heavy atom. The molecule has 0 radical (unpaired) electrons. The summed E-state index contributed by atoms with van der Waals surface area (Å²) in [5.74, 6) is 0.146. The maximum Gasteiger partial charge on any atom is 0.219 e. The largest absolute Gasteiger partial charge is 0.356 e. The highest BCUT2D eigenvalue weighted by Gasteiger charge is 2.00. The van der Waals surface area contributed by atoms with Crippen LogP contribution in [0.1, 0.15) is 116 Å². The van der Waals surface area contributed by atoms with Crippen molar-refractivity contribution in [1.82, 2.24) is 10.8 Å². The minimum atomic E-state index is 0.146. The van der Waals surface area contributed by atoms with Crippen LogP contribution in [-0.4, -0.2) is 24.2 Å². The van der Waals surface area contributed by atoms with Crippen LogP contribution in [-0.2, 0) is 4.79 Å². The lowest BCUT2D eigenvalue weighted by Gasteiger charge is -2.05. The topological polar surface area (TPSA) is 61.4 Å². The third kappa shape index (κ3) is 21.3. The average molecular weight is 357 g/mol. The third-order valence-corrected chi connectivity index (χ3v) is 4.79. The number of hydroxylamine groups is 1. The van der Waals surface area contributed by atoms with Gasteiger partial charge in [-0.3, -0.25) is 4.79 Å². The van der Waals surface area contributed by atoms with Gasteiger partial charge in [-0.05, 0) is 12.8 Å². The Kier molecular flexibility index (Phi) is 20.9. The Morgan fingerprint density at radius 1 is 0.640 bits per heavy atom. The van der Waals surface area contributed by atoms with Gasteiger partial charge in [0.2, 0.25) is 5.91 Å². The van der Waals surface area contributed by atoms with Crippen molar-refractivity contribution < 1.29 is 10.0 Å². The van der Waals surface area contributed by atoms with E-state index in [9.17, 15) is 4.79 Å². The summed E-state index contributed by atoms with van der Waals surface area (Å²) in [5, 5.41) is 11.3. The van der Waals surface area contributed by atoms with E-state index < -0.39 is 0 Å². The maximum atomic E-state index is 11.5. The molecule has 4 nitrogen and oxygen atoms in total. The number of carbonyl (C=O) groups excluding carboxylic acids is 1. The summed E-state index contributed by atoms with van der Waals surface area (Å²) in [4.78, 5) is 11.5. The fourth-order valence-electron chi connectivity index (χ4n) is 3.14. The van der Waals surface area contributed by atoms with Gasteiger partial charge < -0.3 is 10.5 Å². The van der Waals surface area contributed by atoms with Gasteiger partial charge in [-0.2, -0.15) is 0 Å². The first-order chi connectivity index (χ1) is 12.3. The van der Waals surface area contributed by atoms with Crippen LogP contribution >= 0.6 is 0 Å². The molecule has 0 aromatic heterocycles. The van der Waals surface area contributed by atoms with Gasteiger partial charge in [0.25, 0.3) is 0 Å². The molecule has 0 bridgehead atoms. The molecule has 0 aliphatic heterocycles.